The topological polar surface area (TPSA) is 136 Å². The minimum absolute atomic E-state index is 0.0926. The number of nitrogens with zero attached hydrogens (tertiary/aromatic N) is 4. The molecule has 3 aliphatic heterocycles. The maximum atomic E-state index is 14.0. The van der Waals surface area contributed by atoms with E-state index in [4.69, 9.17) is 14.6 Å². The summed E-state index contributed by atoms with van der Waals surface area (Å²) in [7, 11) is 0. The fourth-order valence-electron chi connectivity index (χ4n) is 6.88. The predicted molar refractivity (Wildman–Crippen MR) is 136 cm³/mol. The third kappa shape index (κ3) is 4.16. The van der Waals surface area contributed by atoms with Crippen molar-refractivity contribution in [3.05, 3.63) is 24.3 Å². The van der Waals surface area contributed by atoms with Gasteiger partial charge in [0.2, 0.25) is 11.8 Å². The van der Waals surface area contributed by atoms with Gasteiger partial charge in [-0.25, -0.2) is 4.68 Å². The second-order valence-electron chi connectivity index (χ2n) is 10.5. The maximum Gasteiger partial charge on any atom is 0.312 e. The average molecular weight is 528 g/mol. The van der Waals surface area contributed by atoms with Crippen LogP contribution in [0.5, 0.6) is 0 Å². The van der Waals surface area contributed by atoms with Crippen LogP contribution in [0.2, 0.25) is 0 Å². The number of esters is 1. The number of carbonyl (C=O) groups excluding carboxylic acids is 3. The highest BCUT2D eigenvalue weighted by Crippen LogP contribution is 2.64. The lowest BCUT2D eigenvalue weighted by Crippen LogP contribution is -2.55. The van der Waals surface area contributed by atoms with Gasteiger partial charge in [0, 0.05) is 13.2 Å². The molecule has 11 heteroatoms. The lowest BCUT2D eigenvalue weighted by molar-refractivity contribution is -0.160. The first-order chi connectivity index (χ1) is 18.4. The van der Waals surface area contributed by atoms with Crippen LogP contribution in [0, 0.1) is 11.8 Å². The first-order valence-corrected chi connectivity index (χ1v) is 13.8. The first kappa shape index (κ1) is 26.6. The minimum atomic E-state index is -1.08. The van der Waals surface area contributed by atoms with E-state index in [0.717, 1.165) is 23.9 Å². The second kappa shape index (κ2) is 10.6. The molecule has 0 radical (unpaired) electrons. The average Bonchev–Trinajstić information content (AvgIpc) is 3.64. The summed E-state index contributed by atoms with van der Waals surface area (Å²) in [6.07, 6.45) is 4.73. The van der Waals surface area contributed by atoms with Gasteiger partial charge in [-0.3, -0.25) is 14.4 Å². The van der Waals surface area contributed by atoms with E-state index < -0.39 is 35.0 Å². The molecule has 5 atom stereocenters. The van der Waals surface area contributed by atoms with Crippen molar-refractivity contribution in [1.82, 2.24) is 25.2 Å². The molecule has 2 unspecified atom stereocenters. The Kier molecular flexibility index (Phi) is 7.41. The van der Waals surface area contributed by atoms with Crippen LogP contribution in [-0.4, -0.2) is 79.8 Å². The van der Waals surface area contributed by atoms with Gasteiger partial charge >= 0.3 is 5.97 Å². The second-order valence-corrected chi connectivity index (χ2v) is 10.5. The summed E-state index contributed by atoms with van der Waals surface area (Å²) < 4.78 is 13.7. The Morgan fingerprint density at radius 3 is 2.74 bits per heavy atom. The van der Waals surface area contributed by atoms with Crippen molar-refractivity contribution in [2.45, 2.75) is 82.7 Å². The molecule has 5 rings (SSSR count). The van der Waals surface area contributed by atoms with Gasteiger partial charge in [-0.15, -0.1) is 5.10 Å². The molecule has 0 saturated carbocycles. The van der Waals surface area contributed by atoms with Crippen molar-refractivity contribution in [3.8, 4) is 0 Å². The van der Waals surface area contributed by atoms with Crippen molar-refractivity contribution in [1.29, 1.82) is 0 Å². The summed E-state index contributed by atoms with van der Waals surface area (Å²) in [6, 6.07) is 6.62. The fourth-order valence-corrected chi connectivity index (χ4v) is 6.88. The van der Waals surface area contributed by atoms with E-state index in [1.54, 1.807) is 16.5 Å². The van der Waals surface area contributed by atoms with Crippen LogP contribution >= 0.6 is 0 Å². The van der Waals surface area contributed by atoms with Crippen LogP contribution in [0.3, 0.4) is 0 Å². The molecule has 3 fully saturated rings. The number of nitrogens with one attached hydrogen (secondary N) is 1. The summed E-state index contributed by atoms with van der Waals surface area (Å²) in [5.41, 5.74) is -0.372. The molecular weight excluding hydrogens is 490 g/mol. The molecule has 3 saturated heterocycles. The number of likely N-dealkylation sites (tertiary alicyclic amines) is 1. The van der Waals surface area contributed by atoms with Gasteiger partial charge in [0.05, 0.1) is 23.6 Å². The van der Waals surface area contributed by atoms with Crippen LogP contribution in [0.4, 0.5) is 0 Å². The minimum Gasteiger partial charge on any atom is -0.466 e. The molecule has 1 spiro atoms. The molecule has 2 amide bonds. The molecule has 2 N–H and O–H groups in total. The smallest absolute Gasteiger partial charge is 0.312 e. The summed E-state index contributed by atoms with van der Waals surface area (Å²) in [4.78, 5) is 42.7. The first-order valence-electron chi connectivity index (χ1n) is 13.8. The number of carbonyl (C=O) groups is 3. The summed E-state index contributed by atoms with van der Waals surface area (Å²) in [5.74, 6) is -2.45. The van der Waals surface area contributed by atoms with E-state index in [2.05, 4.69) is 15.6 Å². The highest BCUT2D eigenvalue weighted by atomic mass is 16.6. The highest BCUT2D eigenvalue weighted by Gasteiger charge is 2.78. The van der Waals surface area contributed by atoms with Crippen molar-refractivity contribution in [3.63, 3.8) is 0 Å². The van der Waals surface area contributed by atoms with E-state index in [1.807, 2.05) is 31.2 Å². The number of aliphatic hydroxyl groups excluding tert-OH is 1. The molecule has 0 aliphatic carbocycles. The number of para-hydroxylation sites is 1. The van der Waals surface area contributed by atoms with Crippen molar-refractivity contribution in [2.75, 3.05) is 19.8 Å². The van der Waals surface area contributed by atoms with Gasteiger partial charge in [-0.2, -0.15) is 0 Å². The van der Waals surface area contributed by atoms with E-state index >= 15 is 0 Å². The van der Waals surface area contributed by atoms with E-state index in [1.165, 1.54) is 0 Å². The number of hydrogen-bond acceptors (Lipinski definition) is 8. The van der Waals surface area contributed by atoms with E-state index in [9.17, 15) is 14.4 Å². The molecule has 4 heterocycles. The Balaban J connectivity index is 1.43. The lowest BCUT2D eigenvalue weighted by Gasteiger charge is -2.33. The Hall–Kier alpha value is -3.05. The molecule has 2 aromatic rings. The zero-order valence-electron chi connectivity index (χ0n) is 22.1. The van der Waals surface area contributed by atoms with Crippen molar-refractivity contribution >= 4 is 28.8 Å². The number of fused-ring (bicyclic) bond motifs is 2. The summed E-state index contributed by atoms with van der Waals surface area (Å²) >= 11 is 0. The number of rotatable bonds is 12. The van der Waals surface area contributed by atoms with Crippen LogP contribution < -0.4 is 5.32 Å². The maximum absolute atomic E-state index is 14.0. The zero-order chi connectivity index (χ0) is 26.9. The van der Waals surface area contributed by atoms with Gasteiger partial charge in [0.1, 0.15) is 29.7 Å². The number of ether oxygens (including phenoxy) is 2. The molecule has 1 aromatic heterocycles. The number of amides is 2. The quantitative estimate of drug-likeness (QED) is 0.315. The largest absolute Gasteiger partial charge is 0.466 e. The number of aliphatic hydroxyl groups is 1. The Morgan fingerprint density at radius 2 is 1.97 bits per heavy atom. The standard InChI is InChI=1S/C27H37N5O6/c1-3-26-13-14-27(38-26)20(21(26)25(36)37-4-2)24(35)31(15-9-5-6-10-16-33)22(27)23(34)28-17-32-19-12-8-7-11-18(19)29-30-32/h7-8,11-12,20-22,33H,3-6,9-10,13-17H2,1-2H3,(H,28,34)/t20-,21-,22?,26+,27?/m0/s1. The predicted octanol–water partition coefficient (Wildman–Crippen LogP) is 1.78. The molecule has 38 heavy (non-hydrogen) atoms. The van der Waals surface area contributed by atoms with Crippen molar-refractivity contribution in [2.24, 2.45) is 11.8 Å². The molecular formula is C27H37N5O6. The number of unbranched alkanes of at least 4 members (excludes halogenated alkanes) is 3. The molecule has 2 bridgehead atoms. The zero-order valence-corrected chi connectivity index (χ0v) is 22.1. The Labute approximate surface area is 221 Å². The van der Waals surface area contributed by atoms with E-state index in [0.29, 0.717) is 38.6 Å². The van der Waals surface area contributed by atoms with Crippen LogP contribution in [0.25, 0.3) is 11.0 Å². The van der Waals surface area contributed by atoms with E-state index in [-0.39, 0.29) is 31.7 Å². The molecule has 3 aliphatic rings. The monoisotopic (exact) mass is 527 g/mol. The number of aromatic nitrogens is 3. The van der Waals surface area contributed by atoms with Crippen LogP contribution in [0.1, 0.15) is 58.8 Å². The fraction of sp³-hybridized carbons (Fsp3) is 0.667. The highest BCUT2D eigenvalue weighted by molar-refractivity contribution is 5.98. The van der Waals surface area contributed by atoms with Crippen LogP contribution in [-0.2, 0) is 30.5 Å². The van der Waals surface area contributed by atoms with Gasteiger partial charge in [0.15, 0.2) is 0 Å². The lowest BCUT2D eigenvalue weighted by atomic mass is 9.65. The third-order valence-corrected chi connectivity index (χ3v) is 8.60. The Bertz CT molecular complexity index is 1200. The SMILES string of the molecule is CCOC(=O)[C@@H]1[C@H]2C(=O)N(CCCCCCO)C(C(=O)NCn3nnc4ccccc43)C23CC[C@@]1(CC)O3. The van der Waals surface area contributed by atoms with Gasteiger partial charge in [0.25, 0.3) is 0 Å². The number of hydrogen-bond donors (Lipinski definition) is 2. The normalized spacial score (nSPS) is 29.7. The Morgan fingerprint density at radius 1 is 1.18 bits per heavy atom. The third-order valence-electron chi connectivity index (χ3n) is 8.60. The van der Waals surface area contributed by atoms with Crippen molar-refractivity contribution < 1.29 is 29.0 Å². The molecule has 206 valence electrons. The summed E-state index contributed by atoms with van der Waals surface area (Å²) in [6.45, 7) is 4.53. The molecule has 11 nitrogen and oxygen atoms in total. The van der Waals surface area contributed by atoms with Gasteiger partial charge in [-0.05, 0) is 51.2 Å². The van der Waals surface area contributed by atoms with Crippen LogP contribution in [0.15, 0.2) is 24.3 Å². The number of benzene rings is 1. The molecule has 1 aromatic carbocycles. The van der Waals surface area contributed by atoms with Gasteiger partial charge < -0.3 is 24.8 Å². The summed E-state index contributed by atoms with van der Waals surface area (Å²) in [5, 5.41) is 20.4. The van der Waals surface area contributed by atoms with Gasteiger partial charge in [-0.1, -0.05) is 37.1 Å².